The maximum absolute atomic E-state index is 12.1. The lowest BCUT2D eigenvalue weighted by molar-refractivity contribution is -0.117. The number of Topliss-reactive ketones (excluding diaryl/α,β-unsaturated/α-hetero) is 1. The summed E-state index contributed by atoms with van der Waals surface area (Å²) in [5.41, 5.74) is 3.71. The van der Waals surface area contributed by atoms with Crippen LogP contribution in [0.1, 0.15) is 46.9 Å². The quantitative estimate of drug-likeness (QED) is 0.676. The van der Waals surface area contributed by atoms with E-state index in [9.17, 15) is 9.59 Å². The summed E-state index contributed by atoms with van der Waals surface area (Å²) in [5, 5.41) is 2.76. The molecule has 1 atom stereocenters. The Hall–Kier alpha value is -2.42. The third-order valence-electron chi connectivity index (χ3n) is 3.76. The molecule has 2 rings (SSSR count). The Labute approximate surface area is 131 Å². The molecule has 0 bridgehead atoms. The molecule has 0 aromatic heterocycles. The van der Waals surface area contributed by atoms with Gasteiger partial charge in [-0.15, -0.1) is 0 Å². The molecule has 0 saturated carbocycles. The van der Waals surface area contributed by atoms with Crippen molar-refractivity contribution in [3.63, 3.8) is 0 Å². The number of benzene rings is 2. The standard InChI is InChI=1S/C19H21NO2/c1-4-15-7-11-16(12-8-15)14(3)20-19(22)18(21)17-9-5-13(2)6-10-17/h5-12,14H,4H2,1-3H3,(H,20,22). The molecule has 0 aliphatic rings. The summed E-state index contributed by atoms with van der Waals surface area (Å²) in [6.07, 6.45) is 0.979. The highest BCUT2D eigenvalue weighted by Crippen LogP contribution is 2.14. The summed E-state index contributed by atoms with van der Waals surface area (Å²) in [6.45, 7) is 5.91. The number of rotatable bonds is 5. The molecule has 1 unspecified atom stereocenters. The van der Waals surface area contributed by atoms with E-state index in [2.05, 4.69) is 12.2 Å². The van der Waals surface area contributed by atoms with Gasteiger partial charge in [0.15, 0.2) is 0 Å². The minimum atomic E-state index is -0.573. The van der Waals surface area contributed by atoms with Crippen LogP contribution in [0.4, 0.5) is 0 Å². The van der Waals surface area contributed by atoms with Crippen molar-refractivity contribution in [3.8, 4) is 0 Å². The summed E-state index contributed by atoms with van der Waals surface area (Å²) in [4.78, 5) is 24.2. The number of carbonyl (C=O) groups excluding carboxylic acids is 2. The Bertz CT molecular complexity index is 657. The van der Waals surface area contributed by atoms with Crippen molar-refractivity contribution in [1.82, 2.24) is 5.32 Å². The second-order valence-corrected chi connectivity index (χ2v) is 5.49. The fourth-order valence-electron chi connectivity index (χ4n) is 2.22. The third kappa shape index (κ3) is 3.82. The highest BCUT2D eigenvalue weighted by atomic mass is 16.2. The average molecular weight is 295 g/mol. The van der Waals surface area contributed by atoms with Crippen LogP contribution >= 0.6 is 0 Å². The van der Waals surface area contributed by atoms with Crippen molar-refractivity contribution in [1.29, 1.82) is 0 Å². The Morgan fingerprint density at radius 3 is 2.14 bits per heavy atom. The minimum absolute atomic E-state index is 0.201. The molecular formula is C19H21NO2. The first-order valence-electron chi connectivity index (χ1n) is 7.52. The van der Waals surface area contributed by atoms with Crippen LogP contribution in [0.15, 0.2) is 48.5 Å². The molecule has 0 saturated heterocycles. The first kappa shape index (κ1) is 16.0. The van der Waals surface area contributed by atoms with Gasteiger partial charge in [0.1, 0.15) is 0 Å². The number of amides is 1. The van der Waals surface area contributed by atoms with Gasteiger partial charge in [-0.05, 0) is 31.4 Å². The van der Waals surface area contributed by atoms with E-state index in [-0.39, 0.29) is 6.04 Å². The van der Waals surface area contributed by atoms with Gasteiger partial charge < -0.3 is 5.32 Å². The highest BCUT2D eigenvalue weighted by Gasteiger charge is 2.18. The fourth-order valence-corrected chi connectivity index (χ4v) is 2.22. The van der Waals surface area contributed by atoms with Crippen LogP contribution in [-0.4, -0.2) is 11.7 Å². The number of hydrogen-bond acceptors (Lipinski definition) is 2. The van der Waals surface area contributed by atoms with E-state index in [0.29, 0.717) is 5.56 Å². The van der Waals surface area contributed by atoms with Crippen molar-refractivity contribution >= 4 is 11.7 Å². The first-order valence-corrected chi connectivity index (χ1v) is 7.52. The molecule has 0 spiro atoms. The molecule has 1 amide bonds. The molecule has 22 heavy (non-hydrogen) atoms. The van der Waals surface area contributed by atoms with E-state index in [1.807, 2.05) is 50.2 Å². The molecule has 0 aliphatic carbocycles. The molecule has 0 aliphatic heterocycles. The van der Waals surface area contributed by atoms with Gasteiger partial charge in [0.05, 0.1) is 6.04 Å². The van der Waals surface area contributed by atoms with Gasteiger partial charge in [-0.2, -0.15) is 0 Å². The maximum Gasteiger partial charge on any atom is 0.292 e. The molecule has 2 aromatic carbocycles. The predicted molar refractivity (Wildman–Crippen MR) is 87.9 cm³/mol. The van der Waals surface area contributed by atoms with Gasteiger partial charge in [0.25, 0.3) is 5.91 Å². The summed E-state index contributed by atoms with van der Waals surface area (Å²) in [5.74, 6) is -1.08. The number of hydrogen-bond donors (Lipinski definition) is 1. The molecule has 114 valence electrons. The van der Waals surface area contributed by atoms with E-state index in [1.54, 1.807) is 12.1 Å². The van der Waals surface area contributed by atoms with Gasteiger partial charge in [-0.3, -0.25) is 9.59 Å². The van der Waals surface area contributed by atoms with Crippen molar-refractivity contribution < 1.29 is 9.59 Å². The Kier molecular flexibility index (Phi) is 5.10. The van der Waals surface area contributed by atoms with Crippen molar-refractivity contribution in [3.05, 3.63) is 70.8 Å². The van der Waals surface area contributed by atoms with Crippen LogP contribution in [-0.2, 0) is 11.2 Å². The molecule has 0 radical (unpaired) electrons. The smallest absolute Gasteiger partial charge is 0.292 e. The predicted octanol–water partition coefficient (Wildman–Crippen LogP) is 3.62. The van der Waals surface area contributed by atoms with Gasteiger partial charge >= 0.3 is 0 Å². The summed E-state index contributed by atoms with van der Waals surface area (Å²) in [6, 6.07) is 14.9. The van der Waals surface area contributed by atoms with Crippen LogP contribution in [0, 0.1) is 6.92 Å². The largest absolute Gasteiger partial charge is 0.343 e. The molecule has 0 heterocycles. The molecule has 0 fully saturated rings. The Morgan fingerprint density at radius 2 is 1.59 bits per heavy atom. The van der Waals surface area contributed by atoms with Gasteiger partial charge in [0, 0.05) is 5.56 Å². The lowest BCUT2D eigenvalue weighted by Gasteiger charge is -2.14. The maximum atomic E-state index is 12.1. The zero-order valence-corrected chi connectivity index (χ0v) is 13.2. The van der Waals surface area contributed by atoms with Gasteiger partial charge in [0.2, 0.25) is 5.78 Å². The van der Waals surface area contributed by atoms with E-state index in [0.717, 1.165) is 17.5 Å². The number of nitrogens with one attached hydrogen (secondary N) is 1. The van der Waals surface area contributed by atoms with Crippen LogP contribution in [0.25, 0.3) is 0 Å². The van der Waals surface area contributed by atoms with Crippen molar-refractivity contribution in [2.24, 2.45) is 0 Å². The van der Waals surface area contributed by atoms with Crippen LogP contribution in [0.3, 0.4) is 0 Å². The number of carbonyl (C=O) groups is 2. The van der Waals surface area contributed by atoms with E-state index < -0.39 is 11.7 Å². The van der Waals surface area contributed by atoms with E-state index >= 15 is 0 Å². The topological polar surface area (TPSA) is 46.2 Å². The summed E-state index contributed by atoms with van der Waals surface area (Å²) in [7, 11) is 0. The second-order valence-electron chi connectivity index (χ2n) is 5.49. The Balaban J connectivity index is 2.03. The molecule has 1 N–H and O–H groups in total. The average Bonchev–Trinajstić information content (AvgIpc) is 2.54. The van der Waals surface area contributed by atoms with Crippen LogP contribution in [0.2, 0.25) is 0 Å². The van der Waals surface area contributed by atoms with Crippen molar-refractivity contribution in [2.75, 3.05) is 0 Å². The number of ketones is 1. The third-order valence-corrected chi connectivity index (χ3v) is 3.76. The minimum Gasteiger partial charge on any atom is -0.343 e. The molecular weight excluding hydrogens is 274 g/mol. The van der Waals surface area contributed by atoms with Gasteiger partial charge in [-0.25, -0.2) is 0 Å². The molecule has 2 aromatic rings. The fraction of sp³-hybridized carbons (Fsp3) is 0.263. The lowest BCUT2D eigenvalue weighted by Crippen LogP contribution is -2.33. The summed E-state index contributed by atoms with van der Waals surface area (Å²) < 4.78 is 0. The first-order chi connectivity index (χ1) is 10.5. The van der Waals surface area contributed by atoms with Crippen molar-refractivity contribution in [2.45, 2.75) is 33.2 Å². The molecule has 3 heteroatoms. The summed E-state index contributed by atoms with van der Waals surface area (Å²) >= 11 is 0. The zero-order valence-electron chi connectivity index (χ0n) is 13.2. The monoisotopic (exact) mass is 295 g/mol. The second kappa shape index (κ2) is 7.03. The Morgan fingerprint density at radius 1 is 1.00 bits per heavy atom. The lowest BCUT2D eigenvalue weighted by atomic mass is 10.0. The zero-order chi connectivity index (χ0) is 16.1. The molecule has 3 nitrogen and oxygen atoms in total. The van der Waals surface area contributed by atoms with Gasteiger partial charge in [-0.1, -0.05) is 61.0 Å². The van der Waals surface area contributed by atoms with E-state index in [1.165, 1.54) is 5.56 Å². The van der Waals surface area contributed by atoms with E-state index in [4.69, 9.17) is 0 Å². The van der Waals surface area contributed by atoms with Crippen LogP contribution in [0.5, 0.6) is 0 Å². The van der Waals surface area contributed by atoms with Crippen LogP contribution < -0.4 is 5.32 Å². The highest BCUT2D eigenvalue weighted by molar-refractivity contribution is 6.42. The SMILES string of the molecule is CCc1ccc(C(C)NC(=O)C(=O)c2ccc(C)cc2)cc1. The number of aryl methyl sites for hydroxylation is 2. The normalized spacial score (nSPS) is 11.8.